The highest BCUT2D eigenvalue weighted by atomic mass is 16.3. The molecule has 0 unspecified atom stereocenters. The van der Waals surface area contributed by atoms with Crippen LogP contribution in [-0.4, -0.2) is 5.91 Å². The Morgan fingerprint density at radius 1 is 1.21 bits per heavy atom. The van der Waals surface area contributed by atoms with Crippen LogP contribution in [-0.2, 0) is 24.1 Å². The van der Waals surface area contributed by atoms with Crippen molar-refractivity contribution in [1.29, 1.82) is 0 Å². The summed E-state index contributed by atoms with van der Waals surface area (Å²) < 4.78 is 5.97. The monoisotopic (exact) mass is 321 g/mol. The van der Waals surface area contributed by atoms with E-state index in [1.807, 2.05) is 12.1 Å². The van der Waals surface area contributed by atoms with Gasteiger partial charge in [0.1, 0.15) is 11.5 Å². The lowest BCUT2D eigenvalue weighted by Crippen LogP contribution is -2.03. The van der Waals surface area contributed by atoms with E-state index in [-0.39, 0.29) is 5.91 Å². The molecule has 0 radical (unpaired) electrons. The van der Waals surface area contributed by atoms with E-state index < -0.39 is 0 Å². The van der Waals surface area contributed by atoms with Gasteiger partial charge in [0.05, 0.1) is 5.57 Å². The minimum absolute atomic E-state index is 0.0352. The Bertz CT molecular complexity index is 790. The van der Waals surface area contributed by atoms with Crippen molar-refractivity contribution in [2.75, 3.05) is 5.32 Å². The number of anilines is 1. The maximum absolute atomic E-state index is 12.4. The molecule has 2 aromatic rings. The fourth-order valence-corrected chi connectivity index (χ4v) is 3.64. The number of carbonyl (C=O) groups is 1. The predicted octanol–water partition coefficient (Wildman–Crippen LogP) is 4.99. The van der Waals surface area contributed by atoms with E-state index in [0.717, 1.165) is 47.6 Å². The van der Waals surface area contributed by atoms with Crippen LogP contribution in [0.5, 0.6) is 0 Å². The molecule has 1 aliphatic heterocycles. The van der Waals surface area contributed by atoms with Crippen molar-refractivity contribution in [1.82, 2.24) is 0 Å². The number of carbonyl (C=O) groups excluding carboxylic acids is 1. The van der Waals surface area contributed by atoms with Gasteiger partial charge in [-0.3, -0.25) is 4.79 Å². The van der Waals surface area contributed by atoms with E-state index in [1.165, 1.54) is 36.8 Å². The number of hydrogen-bond acceptors (Lipinski definition) is 2. The first-order chi connectivity index (χ1) is 11.7. The van der Waals surface area contributed by atoms with Crippen molar-refractivity contribution in [3.05, 3.63) is 52.5 Å². The van der Waals surface area contributed by atoms with E-state index in [0.29, 0.717) is 0 Å². The molecule has 1 amide bonds. The Morgan fingerprint density at radius 2 is 2.08 bits per heavy atom. The minimum Gasteiger partial charge on any atom is -0.461 e. The first kappa shape index (κ1) is 15.3. The van der Waals surface area contributed by atoms with Crippen molar-refractivity contribution in [2.45, 2.75) is 51.9 Å². The van der Waals surface area contributed by atoms with Gasteiger partial charge in [-0.05, 0) is 67.5 Å². The molecule has 0 saturated carbocycles. The summed E-state index contributed by atoms with van der Waals surface area (Å²) in [4.78, 5) is 12.4. The number of rotatable bonds is 4. The predicted molar refractivity (Wildman–Crippen MR) is 96.9 cm³/mol. The summed E-state index contributed by atoms with van der Waals surface area (Å²) in [5.74, 6) is 1.87. The molecule has 3 nitrogen and oxygen atoms in total. The summed E-state index contributed by atoms with van der Waals surface area (Å²) in [6.07, 6.45) is 9.84. The molecule has 2 heterocycles. The number of hydrogen-bond donors (Lipinski definition) is 1. The Kier molecular flexibility index (Phi) is 4.01. The Balaban J connectivity index is 1.68. The molecule has 1 aliphatic carbocycles. The summed E-state index contributed by atoms with van der Waals surface area (Å²) in [6, 6.07) is 8.39. The molecule has 0 bridgehead atoms. The zero-order chi connectivity index (χ0) is 16.5. The zero-order valence-corrected chi connectivity index (χ0v) is 14.2. The Labute approximate surface area is 142 Å². The number of unbranched alkanes of at least 4 members (excludes halogenated alkanes) is 1. The Hall–Kier alpha value is -2.29. The van der Waals surface area contributed by atoms with Gasteiger partial charge in [-0.1, -0.05) is 19.4 Å². The van der Waals surface area contributed by atoms with Crippen molar-refractivity contribution in [3.8, 4) is 0 Å². The van der Waals surface area contributed by atoms with Crippen molar-refractivity contribution >= 4 is 23.2 Å². The van der Waals surface area contributed by atoms with E-state index in [4.69, 9.17) is 4.42 Å². The molecule has 0 atom stereocenters. The highest BCUT2D eigenvalue weighted by Crippen LogP contribution is 2.35. The van der Waals surface area contributed by atoms with Gasteiger partial charge >= 0.3 is 0 Å². The van der Waals surface area contributed by atoms with Crippen LogP contribution < -0.4 is 5.32 Å². The normalized spacial score (nSPS) is 17.7. The lowest BCUT2D eigenvalue weighted by molar-refractivity contribution is -0.110. The van der Waals surface area contributed by atoms with Gasteiger partial charge in [0, 0.05) is 17.7 Å². The summed E-state index contributed by atoms with van der Waals surface area (Å²) in [5, 5.41) is 2.96. The van der Waals surface area contributed by atoms with Crippen molar-refractivity contribution in [3.63, 3.8) is 0 Å². The minimum atomic E-state index is -0.0352. The molecule has 1 aromatic heterocycles. The third-order valence-electron chi connectivity index (χ3n) is 4.99. The average molecular weight is 321 g/mol. The number of aryl methyl sites for hydroxylation is 3. The van der Waals surface area contributed by atoms with Gasteiger partial charge in [-0.25, -0.2) is 0 Å². The van der Waals surface area contributed by atoms with Gasteiger partial charge in [-0.15, -0.1) is 0 Å². The molecule has 0 fully saturated rings. The number of benzene rings is 1. The molecular weight excluding hydrogens is 298 g/mol. The standard InChI is InChI=1S/C21H23NO2/c1-2-3-6-14-9-10-19-17(11-14)18(21(23)22-19)13-16-12-15-7-4-5-8-20(15)24-16/h9-13H,2-8H2,1H3,(H,22,23). The van der Waals surface area contributed by atoms with Crippen LogP contribution in [0, 0.1) is 0 Å². The summed E-state index contributed by atoms with van der Waals surface area (Å²) in [7, 11) is 0. The fraction of sp³-hybridized carbons (Fsp3) is 0.381. The van der Waals surface area contributed by atoms with Crippen LogP contribution in [0.4, 0.5) is 5.69 Å². The van der Waals surface area contributed by atoms with Gasteiger partial charge in [0.2, 0.25) is 0 Å². The molecule has 3 heteroatoms. The quantitative estimate of drug-likeness (QED) is 0.806. The van der Waals surface area contributed by atoms with Crippen LogP contribution in [0.1, 0.15) is 60.8 Å². The Morgan fingerprint density at radius 3 is 2.92 bits per heavy atom. The van der Waals surface area contributed by atoms with E-state index >= 15 is 0 Å². The molecule has 1 aromatic carbocycles. The third kappa shape index (κ3) is 2.79. The molecule has 0 spiro atoms. The number of amides is 1. The van der Waals surface area contributed by atoms with Gasteiger partial charge in [0.15, 0.2) is 0 Å². The highest BCUT2D eigenvalue weighted by molar-refractivity contribution is 6.34. The van der Waals surface area contributed by atoms with E-state index in [9.17, 15) is 4.79 Å². The average Bonchev–Trinajstić information content (AvgIpc) is 3.14. The topological polar surface area (TPSA) is 42.2 Å². The zero-order valence-electron chi connectivity index (χ0n) is 14.2. The number of furan rings is 1. The second-order valence-electron chi connectivity index (χ2n) is 6.80. The summed E-state index contributed by atoms with van der Waals surface area (Å²) >= 11 is 0. The van der Waals surface area contributed by atoms with Crippen LogP contribution in [0.2, 0.25) is 0 Å². The summed E-state index contributed by atoms with van der Waals surface area (Å²) in [6.45, 7) is 2.20. The van der Waals surface area contributed by atoms with Crippen molar-refractivity contribution in [2.24, 2.45) is 0 Å². The maximum Gasteiger partial charge on any atom is 0.256 e. The first-order valence-corrected chi connectivity index (χ1v) is 9.02. The molecule has 0 saturated heterocycles. The van der Waals surface area contributed by atoms with Crippen LogP contribution in [0.25, 0.3) is 11.6 Å². The largest absolute Gasteiger partial charge is 0.461 e. The number of fused-ring (bicyclic) bond motifs is 2. The van der Waals surface area contributed by atoms with Crippen LogP contribution in [0.15, 0.2) is 28.7 Å². The van der Waals surface area contributed by atoms with Gasteiger partial charge in [-0.2, -0.15) is 0 Å². The van der Waals surface area contributed by atoms with Crippen LogP contribution >= 0.6 is 0 Å². The molecule has 24 heavy (non-hydrogen) atoms. The van der Waals surface area contributed by atoms with Crippen molar-refractivity contribution < 1.29 is 9.21 Å². The molecular formula is C21H23NO2. The molecule has 4 rings (SSSR count). The molecule has 2 aliphatic rings. The molecule has 1 N–H and O–H groups in total. The third-order valence-corrected chi connectivity index (χ3v) is 4.99. The van der Waals surface area contributed by atoms with Gasteiger partial charge < -0.3 is 9.73 Å². The lowest BCUT2D eigenvalue weighted by Gasteiger charge is -2.07. The molecule has 124 valence electrons. The fourth-order valence-electron chi connectivity index (χ4n) is 3.64. The lowest BCUT2D eigenvalue weighted by atomic mass is 9.98. The maximum atomic E-state index is 12.4. The second kappa shape index (κ2) is 6.31. The SMILES string of the molecule is CCCCc1ccc2c(c1)C(=Cc1cc3c(o1)CCCC3)C(=O)N2. The van der Waals surface area contributed by atoms with Gasteiger partial charge in [0.25, 0.3) is 5.91 Å². The smallest absolute Gasteiger partial charge is 0.256 e. The second-order valence-corrected chi connectivity index (χ2v) is 6.80. The summed E-state index contributed by atoms with van der Waals surface area (Å²) in [5.41, 5.74) is 5.22. The highest BCUT2D eigenvalue weighted by Gasteiger charge is 2.25. The van der Waals surface area contributed by atoms with Crippen LogP contribution in [0.3, 0.4) is 0 Å². The van der Waals surface area contributed by atoms with E-state index in [1.54, 1.807) is 0 Å². The number of nitrogens with one attached hydrogen (secondary N) is 1. The van der Waals surface area contributed by atoms with E-state index in [2.05, 4.69) is 30.4 Å². The first-order valence-electron chi connectivity index (χ1n) is 9.02.